The molecule has 0 aliphatic heterocycles. The first-order chi connectivity index (χ1) is 12.2. The van der Waals surface area contributed by atoms with Gasteiger partial charge in [0.25, 0.3) is 0 Å². The zero-order chi connectivity index (χ0) is 18.7. The number of nitrogens with zero attached hydrogens (tertiary/aromatic N) is 5. The van der Waals surface area contributed by atoms with Gasteiger partial charge in [0.2, 0.25) is 9.97 Å². The van der Waals surface area contributed by atoms with E-state index in [4.69, 9.17) is 0 Å². The highest BCUT2D eigenvalue weighted by molar-refractivity contribution is 7.91. The Morgan fingerprint density at radius 3 is 2.73 bits per heavy atom. The third-order valence-electron chi connectivity index (χ3n) is 3.56. The summed E-state index contributed by atoms with van der Waals surface area (Å²) < 4.78 is 64.5. The predicted molar refractivity (Wildman–Crippen MR) is 86.5 cm³/mol. The highest BCUT2D eigenvalue weighted by atomic mass is 32.2. The number of sulfone groups is 1. The van der Waals surface area contributed by atoms with E-state index in [9.17, 15) is 21.6 Å². The second-order valence-corrected chi connectivity index (χ2v) is 8.38. The molecule has 0 amide bonds. The molecular formula is C13H9F3N6O2S2. The maximum Gasteiger partial charge on any atom is 0.445 e. The Balaban J connectivity index is 2.02. The van der Waals surface area contributed by atoms with Gasteiger partial charge >= 0.3 is 6.18 Å². The average molecular weight is 402 g/mol. The van der Waals surface area contributed by atoms with E-state index < -0.39 is 26.0 Å². The number of H-pyrrole nitrogens is 1. The van der Waals surface area contributed by atoms with Crippen LogP contribution >= 0.6 is 11.3 Å². The molecule has 0 radical (unpaired) electrons. The highest BCUT2D eigenvalue weighted by Gasteiger charge is 2.38. The molecule has 4 rings (SSSR count). The maximum absolute atomic E-state index is 12.9. The number of aromatic nitrogens is 6. The Bertz CT molecular complexity index is 1210. The Hall–Kier alpha value is -2.54. The summed E-state index contributed by atoms with van der Waals surface area (Å²) in [6.07, 6.45) is -3.18. The summed E-state index contributed by atoms with van der Waals surface area (Å²) in [6, 6.07) is 3.35. The van der Waals surface area contributed by atoms with Crippen molar-refractivity contribution in [1.82, 2.24) is 29.5 Å². The lowest BCUT2D eigenvalue weighted by Gasteiger charge is -2.02. The fourth-order valence-corrected chi connectivity index (χ4v) is 4.30. The van der Waals surface area contributed by atoms with Gasteiger partial charge in [0.15, 0.2) is 26.3 Å². The Kier molecular flexibility index (Phi) is 3.56. The normalized spacial score (nSPS) is 13.1. The molecule has 0 unspecified atom stereocenters. The third kappa shape index (κ3) is 2.54. The Morgan fingerprint density at radius 1 is 1.31 bits per heavy atom. The van der Waals surface area contributed by atoms with Crippen molar-refractivity contribution in [2.75, 3.05) is 5.75 Å². The van der Waals surface area contributed by atoms with E-state index >= 15 is 0 Å². The first-order valence-electron chi connectivity index (χ1n) is 7.21. The van der Waals surface area contributed by atoms with Crippen molar-refractivity contribution in [2.24, 2.45) is 0 Å². The number of hydrogen-bond donors (Lipinski definition) is 1. The van der Waals surface area contributed by atoms with Crippen LogP contribution in [0.3, 0.4) is 0 Å². The van der Waals surface area contributed by atoms with Gasteiger partial charge in [-0.2, -0.15) is 17.7 Å². The number of halogens is 3. The van der Waals surface area contributed by atoms with Crippen molar-refractivity contribution in [3.8, 4) is 11.5 Å². The molecule has 4 aromatic heterocycles. The molecule has 0 bridgehead atoms. The van der Waals surface area contributed by atoms with Crippen LogP contribution in [0.1, 0.15) is 11.9 Å². The Labute approximate surface area is 147 Å². The van der Waals surface area contributed by atoms with Crippen molar-refractivity contribution in [1.29, 1.82) is 0 Å². The molecule has 0 saturated heterocycles. The largest absolute Gasteiger partial charge is 0.445 e. The number of fused-ring (bicyclic) bond motifs is 2. The third-order valence-corrected chi connectivity index (χ3v) is 6.23. The van der Waals surface area contributed by atoms with Gasteiger partial charge in [0.05, 0.1) is 11.3 Å². The van der Waals surface area contributed by atoms with Crippen LogP contribution in [0, 0.1) is 0 Å². The molecule has 0 aliphatic rings. The number of rotatable bonds is 3. The molecule has 8 nitrogen and oxygen atoms in total. The number of nitrogens with one attached hydrogen (secondary N) is 1. The molecule has 0 aromatic carbocycles. The molecule has 13 heteroatoms. The smallest absolute Gasteiger partial charge is 0.335 e. The topological polar surface area (TPSA) is 106 Å². The molecule has 4 heterocycles. The van der Waals surface area contributed by atoms with Crippen LogP contribution in [0.4, 0.5) is 13.2 Å². The second-order valence-electron chi connectivity index (χ2n) is 5.23. The fourth-order valence-electron chi connectivity index (χ4n) is 2.37. The van der Waals surface area contributed by atoms with E-state index in [2.05, 4.69) is 25.0 Å². The first kappa shape index (κ1) is 16.9. The lowest BCUT2D eigenvalue weighted by molar-refractivity contribution is -0.138. The lowest BCUT2D eigenvalue weighted by atomic mass is 10.4. The summed E-state index contributed by atoms with van der Waals surface area (Å²) in [5, 5.41) is 1.80. The molecule has 0 spiro atoms. The average Bonchev–Trinajstić information content (AvgIpc) is 3.24. The minimum atomic E-state index is -4.69. The van der Waals surface area contributed by atoms with E-state index in [0.717, 1.165) is 0 Å². The summed E-state index contributed by atoms with van der Waals surface area (Å²) in [4.78, 5) is 15.0. The van der Waals surface area contributed by atoms with Gasteiger partial charge in [0, 0.05) is 6.20 Å². The minimum Gasteiger partial charge on any atom is -0.335 e. The molecule has 0 saturated carbocycles. The van der Waals surface area contributed by atoms with Gasteiger partial charge in [-0.15, -0.1) is 5.10 Å². The van der Waals surface area contributed by atoms with Crippen LogP contribution in [0.15, 0.2) is 23.4 Å². The van der Waals surface area contributed by atoms with Crippen molar-refractivity contribution >= 4 is 37.3 Å². The van der Waals surface area contributed by atoms with E-state index in [-0.39, 0.29) is 33.6 Å². The van der Waals surface area contributed by atoms with Crippen molar-refractivity contribution in [3.05, 3.63) is 23.3 Å². The van der Waals surface area contributed by atoms with Gasteiger partial charge in [-0.05, 0) is 12.1 Å². The number of alkyl halides is 3. The van der Waals surface area contributed by atoms with Crippen LogP contribution in [0.5, 0.6) is 0 Å². The molecule has 26 heavy (non-hydrogen) atoms. The first-order valence-corrected chi connectivity index (χ1v) is 9.68. The van der Waals surface area contributed by atoms with Gasteiger partial charge in [-0.3, -0.25) is 0 Å². The predicted octanol–water partition coefficient (Wildman–Crippen LogP) is 2.54. The summed E-state index contributed by atoms with van der Waals surface area (Å²) in [6.45, 7) is 1.38. The van der Waals surface area contributed by atoms with Crippen molar-refractivity contribution < 1.29 is 21.6 Å². The molecule has 0 fully saturated rings. The molecule has 136 valence electrons. The summed E-state index contributed by atoms with van der Waals surface area (Å²) in [5.74, 6) is -0.234. The molecule has 0 atom stereocenters. The van der Waals surface area contributed by atoms with E-state index in [1.807, 2.05) is 0 Å². The number of pyridine rings is 1. The van der Waals surface area contributed by atoms with E-state index in [0.29, 0.717) is 15.7 Å². The van der Waals surface area contributed by atoms with Gasteiger partial charge in [-0.25, -0.2) is 23.4 Å². The van der Waals surface area contributed by atoms with Crippen LogP contribution in [0.2, 0.25) is 0 Å². The van der Waals surface area contributed by atoms with Crippen molar-refractivity contribution in [3.63, 3.8) is 0 Å². The summed E-state index contributed by atoms with van der Waals surface area (Å²) >= 11 is 0.261. The summed E-state index contributed by atoms with van der Waals surface area (Å²) in [7, 11) is -3.93. The quantitative estimate of drug-likeness (QED) is 0.565. The van der Waals surface area contributed by atoms with Crippen LogP contribution < -0.4 is 0 Å². The number of aromatic amines is 1. The molecule has 4 aromatic rings. The molecule has 0 aliphatic carbocycles. The molecular weight excluding hydrogens is 393 g/mol. The van der Waals surface area contributed by atoms with Gasteiger partial charge in [-0.1, -0.05) is 18.3 Å². The number of hydrogen-bond acceptors (Lipinski definition) is 7. The van der Waals surface area contributed by atoms with Crippen LogP contribution in [-0.2, 0) is 16.0 Å². The van der Waals surface area contributed by atoms with E-state index in [1.165, 1.54) is 13.1 Å². The lowest BCUT2D eigenvalue weighted by Crippen LogP contribution is -2.11. The highest BCUT2D eigenvalue weighted by Crippen LogP contribution is 2.36. The fraction of sp³-hybridized carbons (Fsp3) is 0.231. The van der Waals surface area contributed by atoms with E-state index in [1.54, 1.807) is 12.1 Å². The monoisotopic (exact) mass is 402 g/mol. The van der Waals surface area contributed by atoms with Gasteiger partial charge in [0.1, 0.15) is 5.69 Å². The SMILES string of the molecule is CCS(=O)(=O)c1c(-c2nc3ncccc3[nH]2)nc2sc(C(F)(F)F)nn12. The number of imidazole rings is 2. The zero-order valence-corrected chi connectivity index (χ0v) is 14.6. The molecule has 1 N–H and O–H groups in total. The van der Waals surface area contributed by atoms with Crippen molar-refractivity contribution in [2.45, 2.75) is 18.1 Å². The van der Waals surface area contributed by atoms with Crippen LogP contribution in [0.25, 0.3) is 27.6 Å². The van der Waals surface area contributed by atoms with Gasteiger partial charge < -0.3 is 4.98 Å². The van der Waals surface area contributed by atoms with Crippen LogP contribution in [-0.4, -0.2) is 43.7 Å². The Morgan fingerprint density at radius 2 is 2.08 bits per heavy atom. The summed E-state index contributed by atoms with van der Waals surface area (Å²) in [5.41, 5.74) is 0.794. The maximum atomic E-state index is 12.9. The second kappa shape index (κ2) is 5.48. The minimum absolute atomic E-state index is 0.0858. The zero-order valence-electron chi connectivity index (χ0n) is 12.9. The standard InChI is InChI=1S/C13H9F3N6O2S2/c1-2-26(23,24)10-7(9-18-6-4-3-5-17-8(6)20-9)19-12-22(10)21-11(25-12)13(14,15)16/h3-5H,2H2,1H3,(H,17,18,20).